The summed E-state index contributed by atoms with van der Waals surface area (Å²) in [6.45, 7) is 0. The molecule has 1 aromatic carbocycles. The van der Waals surface area contributed by atoms with Crippen LogP contribution in [-0.4, -0.2) is 11.1 Å². The molecule has 0 atom stereocenters. The van der Waals surface area contributed by atoms with Gasteiger partial charge in [0, 0.05) is 11.0 Å². The van der Waals surface area contributed by atoms with Gasteiger partial charge < -0.3 is 5.11 Å². The lowest BCUT2D eigenvalue weighted by molar-refractivity contribution is -0.131. The van der Waals surface area contributed by atoms with E-state index in [2.05, 4.69) is 12.6 Å². The molecule has 0 spiro atoms. The zero-order valence-corrected chi connectivity index (χ0v) is 7.16. The molecular formula is C9H8O2S. The molecule has 0 unspecified atom stereocenters. The first-order chi connectivity index (χ1) is 5.70. The average Bonchev–Trinajstić information content (AvgIpc) is 2.03. The van der Waals surface area contributed by atoms with E-state index < -0.39 is 5.97 Å². The summed E-state index contributed by atoms with van der Waals surface area (Å²) in [5.41, 5.74) is 0.809. The van der Waals surface area contributed by atoms with Gasteiger partial charge in [0.2, 0.25) is 0 Å². The number of benzene rings is 1. The zero-order chi connectivity index (χ0) is 8.97. The highest BCUT2D eigenvalue weighted by molar-refractivity contribution is 7.80. The largest absolute Gasteiger partial charge is 0.478 e. The lowest BCUT2D eigenvalue weighted by atomic mass is 10.2. The number of carboxylic acid groups (broad SMARTS) is 1. The van der Waals surface area contributed by atoms with Gasteiger partial charge in [0.15, 0.2) is 0 Å². The van der Waals surface area contributed by atoms with Crippen LogP contribution in [0.4, 0.5) is 0 Å². The first-order valence-electron chi connectivity index (χ1n) is 3.39. The molecule has 0 saturated heterocycles. The van der Waals surface area contributed by atoms with Gasteiger partial charge in [0.1, 0.15) is 0 Å². The fourth-order valence-electron chi connectivity index (χ4n) is 0.790. The molecule has 0 aliphatic carbocycles. The lowest BCUT2D eigenvalue weighted by Crippen LogP contribution is -1.85. The molecule has 1 aromatic rings. The van der Waals surface area contributed by atoms with Crippen molar-refractivity contribution in [1.82, 2.24) is 0 Å². The Balaban J connectivity index is 2.89. The highest BCUT2D eigenvalue weighted by Crippen LogP contribution is 2.13. The van der Waals surface area contributed by atoms with Gasteiger partial charge in [-0.15, -0.1) is 12.6 Å². The third-order valence-corrected chi connectivity index (χ3v) is 1.75. The van der Waals surface area contributed by atoms with Crippen molar-refractivity contribution in [2.75, 3.05) is 0 Å². The van der Waals surface area contributed by atoms with Gasteiger partial charge in [0.25, 0.3) is 0 Å². The third kappa shape index (κ3) is 2.43. The van der Waals surface area contributed by atoms with E-state index in [9.17, 15) is 4.79 Å². The molecule has 0 aliphatic rings. The summed E-state index contributed by atoms with van der Waals surface area (Å²) in [7, 11) is 0. The van der Waals surface area contributed by atoms with Gasteiger partial charge in [0.05, 0.1) is 0 Å². The van der Waals surface area contributed by atoms with Crippen molar-refractivity contribution in [3.05, 3.63) is 35.9 Å². The number of hydrogen-bond acceptors (Lipinski definition) is 2. The van der Waals surface area contributed by atoms with E-state index in [0.29, 0.717) is 0 Å². The predicted molar refractivity (Wildman–Crippen MR) is 50.4 cm³/mol. The molecule has 0 amide bonds. The monoisotopic (exact) mass is 180 g/mol. The highest BCUT2D eigenvalue weighted by Gasteiger charge is 1.92. The zero-order valence-electron chi connectivity index (χ0n) is 6.27. The summed E-state index contributed by atoms with van der Waals surface area (Å²) >= 11 is 4.16. The minimum atomic E-state index is -0.952. The molecule has 0 aliphatic heterocycles. The van der Waals surface area contributed by atoms with Crippen molar-refractivity contribution < 1.29 is 9.90 Å². The quantitative estimate of drug-likeness (QED) is 0.540. The minimum absolute atomic E-state index is 0.773. The molecule has 3 heteroatoms. The number of carbonyl (C=O) groups is 1. The van der Waals surface area contributed by atoms with E-state index in [1.54, 1.807) is 0 Å². The molecule has 0 bridgehead atoms. The van der Waals surface area contributed by atoms with Crippen LogP contribution >= 0.6 is 12.6 Å². The van der Waals surface area contributed by atoms with E-state index in [1.807, 2.05) is 24.3 Å². The molecule has 1 N–H and O–H groups in total. The van der Waals surface area contributed by atoms with Crippen LogP contribution in [0.5, 0.6) is 0 Å². The second-order valence-corrected chi connectivity index (χ2v) is 2.71. The molecule has 0 fully saturated rings. The first kappa shape index (κ1) is 8.87. The predicted octanol–water partition coefficient (Wildman–Crippen LogP) is 2.07. The second-order valence-electron chi connectivity index (χ2n) is 2.23. The molecule has 0 saturated carbocycles. The standard InChI is InChI=1S/C9H8O2S/c10-9(11)6-5-7-3-1-2-4-8(7)12/h1-6,12H,(H,10,11). The summed E-state index contributed by atoms with van der Waals surface area (Å²) in [6, 6.07) is 7.30. The van der Waals surface area contributed by atoms with Gasteiger partial charge in [-0.2, -0.15) is 0 Å². The van der Waals surface area contributed by atoms with Gasteiger partial charge in [-0.25, -0.2) is 4.79 Å². The van der Waals surface area contributed by atoms with Gasteiger partial charge in [-0.3, -0.25) is 0 Å². The lowest BCUT2D eigenvalue weighted by Gasteiger charge is -1.95. The Bertz CT molecular complexity index is 318. The third-order valence-electron chi connectivity index (χ3n) is 1.34. The van der Waals surface area contributed by atoms with Crippen molar-refractivity contribution in [3.63, 3.8) is 0 Å². The molecule has 1 rings (SSSR count). The smallest absolute Gasteiger partial charge is 0.328 e. The van der Waals surface area contributed by atoms with E-state index >= 15 is 0 Å². The molecule has 62 valence electrons. The Labute approximate surface area is 75.9 Å². The van der Waals surface area contributed by atoms with Gasteiger partial charge in [-0.1, -0.05) is 18.2 Å². The van der Waals surface area contributed by atoms with Gasteiger partial charge >= 0.3 is 5.97 Å². The SMILES string of the molecule is O=C(O)C=Cc1ccccc1S. The van der Waals surface area contributed by atoms with E-state index in [1.165, 1.54) is 6.08 Å². The summed E-state index contributed by atoms with van der Waals surface area (Å²) < 4.78 is 0. The van der Waals surface area contributed by atoms with Crippen LogP contribution < -0.4 is 0 Å². The van der Waals surface area contributed by atoms with E-state index in [-0.39, 0.29) is 0 Å². The fourth-order valence-corrected chi connectivity index (χ4v) is 1.02. The Morgan fingerprint density at radius 2 is 2.08 bits per heavy atom. The summed E-state index contributed by atoms with van der Waals surface area (Å²) in [5.74, 6) is -0.952. The molecule has 2 nitrogen and oxygen atoms in total. The van der Waals surface area contributed by atoms with Crippen molar-refractivity contribution >= 4 is 24.7 Å². The minimum Gasteiger partial charge on any atom is -0.478 e. The Morgan fingerprint density at radius 3 is 2.67 bits per heavy atom. The van der Waals surface area contributed by atoms with Crippen LogP contribution in [0.25, 0.3) is 6.08 Å². The molecule has 0 heterocycles. The van der Waals surface area contributed by atoms with Gasteiger partial charge in [-0.05, 0) is 17.7 Å². The van der Waals surface area contributed by atoms with Crippen LogP contribution in [0.2, 0.25) is 0 Å². The van der Waals surface area contributed by atoms with Crippen LogP contribution in [0.3, 0.4) is 0 Å². The summed E-state index contributed by atoms with van der Waals surface area (Å²) in [4.78, 5) is 10.9. The number of carboxylic acids is 1. The molecule has 12 heavy (non-hydrogen) atoms. The number of thiol groups is 1. The second kappa shape index (κ2) is 3.97. The Hall–Kier alpha value is -1.22. The van der Waals surface area contributed by atoms with Crippen molar-refractivity contribution in [2.24, 2.45) is 0 Å². The Kier molecular flexibility index (Phi) is 2.94. The first-order valence-corrected chi connectivity index (χ1v) is 3.84. The molecule has 0 radical (unpaired) electrons. The maximum absolute atomic E-state index is 10.2. The van der Waals surface area contributed by atoms with Crippen molar-refractivity contribution in [2.45, 2.75) is 4.90 Å². The van der Waals surface area contributed by atoms with Crippen LogP contribution in [-0.2, 0) is 4.79 Å². The van der Waals surface area contributed by atoms with Crippen LogP contribution in [0, 0.1) is 0 Å². The van der Waals surface area contributed by atoms with Crippen LogP contribution in [0.15, 0.2) is 35.2 Å². The summed E-state index contributed by atoms with van der Waals surface area (Å²) in [6.07, 6.45) is 2.61. The average molecular weight is 180 g/mol. The number of aliphatic carboxylic acids is 1. The normalized spacial score (nSPS) is 10.4. The van der Waals surface area contributed by atoms with E-state index in [0.717, 1.165) is 16.5 Å². The Morgan fingerprint density at radius 1 is 1.42 bits per heavy atom. The molecular weight excluding hydrogens is 172 g/mol. The van der Waals surface area contributed by atoms with E-state index in [4.69, 9.17) is 5.11 Å². The maximum atomic E-state index is 10.2. The number of hydrogen-bond donors (Lipinski definition) is 2. The molecule has 0 aromatic heterocycles. The fraction of sp³-hybridized carbons (Fsp3) is 0. The van der Waals surface area contributed by atoms with Crippen LogP contribution in [0.1, 0.15) is 5.56 Å². The topological polar surface area (TPSA) is 37.3 Å². The van der Waals surface area contributed by atoms with Crippen molar-refractivity contribution in [1.29, 1.82) is 0 Å². The van der Waals surface area contributed by atoms with Crippen molar-refractivity contribution in [3.8, 4) is 0 Å². The highest BCUT2D eigenvalue weighted by atomic mass is 32.1. The number of rotatable bonds is 2. The summed E-state index contributed by atoms with van der Waals surface area (Å²) in [5, 5.41) is 8.35. The maximum Gasteiger partial charge on any atom is 0.328 e.